The van der Waals surface area contributed by atoms with Crippen LogP contribution >= 0.6 is 11.8 Å². The zero-order valence-corrected chi connectivity index (χ0v) is 11.6. The molecule has 0 saturated carbocycles. The normalized spacial score (nSPS) is 15.4. The Morgan fingerprint density at radius 1 is 1.05 bits per heavy atom. The van der Waals surface area contributed by atoms with E-state index in [4.69, 9.17) is 9.84 Å². The Morgan fingerprint density at radius 2 is 1.58 bits per heavy atom. The standard InChI is InChI=1S/C11H18N2O5S/c1-18-6-9(14)12-2-4-13(5-3-12)10(15)7-19-8-11(16)17/h2-8H2,1H3,(H,16,17). The molecule has 1 fully saturated rings. The van der Waals surface area contributed by atoms with Gasteiger partial charge in [-0.25, -0.2) is 0 Å². The number of carboxylic acid groups (broad SMARTS) is 1. The molecule has 1 aliphatic rings. The highest BCUT2D eigenvalue weighted by atomic mass is 32.2. The SMILES string of the molecule is COCC(=O)N1CCN(C(=O)CSCC(=O)O)CC1. The number of carboxylic acids is 1. The number of hydrogen-bond donors (Lipinski definition) is 1. The third kappa shape index (κ3) is 5.48. The van der Waals surface area contributed by atoms with Crippen molar-refractivity contribution in [3.63, 3.8) is 0 Å². The molecule has 0 radical (unpaired) electrons. The highest BCUT2D eigenvalue weighted by Gasteiger charge is 2.23. The lowest BCUT2D eigenvalue weighted by molar-refractivity contribution is -0.140. The van der Waals surface area contributed by atoms with E-state index >= 15 is 0 Å². The first-order valence-electron chi connectivity index (χ1n) is 5.88. The minimum Gasteiger partial charge on any atom is -0.481 e. The van der Waals surface area contributed by atoms with Crippen LogP contribution < -0.4 is 0 Å². The fraction of sp³-hybridized carbons (Fsp3) is 0.727. The van der Waals surface area contributed by atoms with Gasteiger partial charge in [0, 0.05) is 33.3 Å². The van der Waals surface area contributed by atoms with E-state index in [-0.39, 0.29) is 29.9 Å². The molecule has 0 aliphatic carbocycles. The van der Waals surface area contributed by atoms with Crippen LogP contribution in [0, 0.1) is 0 Å². The Balaban J connectivity index is 2.27. The van der Waals surface area contributed by atoms with Crippen molar-refractivity contribution in [1.29, 1.82) is 0 Å². The van der Waals surface area contributed by atoms with Crippen LogP contribution in [0.1, 0.15) is 0 Å². The highest BCUT2D eigenvalue weighted by molar-refractivity contribution is 8.00. The maximum absolute atomic E-state index is 11.8. The first kappa shape index (κ1) is 15.8. The third-order valence-corrected chi connectivity index (χ3v) is 3.61. The number of hydrogen-bond acceptors (Lipinski definition) is 5. The molecule has 0 aromatic heterocycles. The van der Waals surface area contributed by atoms with Gasteiger partial charge in [0.2, 0.25) is 11.8 Å². The van der Waals surface area contributed by atoms with Gasteiger partial charge in [0.15, 0.2) is 0 Å². The molecule has 1 aliphatic heterocycles. The lowest BCUT2D eigenvalue weighted by Gasteiger charge is -2.34. The number of carbonyl (C=O) groups is 3. The summed E-state index contributed by atoms with van der Waals surface area (Å²) in [5, 5.41) is 8.48. The van der Waals surface area contributed by atoms with E-state index in [2.05, 4.69) is 0 Å². The minimum absolute atomic E-state index is 0.0579. The lowest BCUT2D eigenvalue weighted by atomic mass is 10.3. The van der Waals surface area contributed by atoms with Crippen LogP contribution in [0.5, 0.6) is 0 Å². The molecular formula is C11H18N2O5S. The second-order valence-corrected chi connectivity index (χ2v) is 5.07. The van der Waals surface area contributed by atoms with Gasteiger partial charge >= 0.3 is 5.97 Å². The summed E-state index contributed by atoms with van der Waals surface area (Å²) in [6.45, 7) is 2.03. The van der Waals surface area contributed by atoms with Crippen molar-refractivity contribution in [1.82, 2.24) is 9.80 Å². The Labute approximate surface area is 115 Å². The largest absolute Gasteiger partial charge is 0.481 e. The number of ether oxygens (including phenoxy) is 1. The zero-order chi connectivity index (χ0) is 14.3. The summed E-state index contributed by atoms with van der Waals surface area (Å²) < 4.78 is 4.78. The second-order valence-electron chi connectivity index (χ2n) is 4.08. The third-order valence-electron chi connectivity index (χ3n) is 2.70. The molecule has 0 spiro atoms. The van der Waals surface area contributed by atoms with Crippen molar-refractivity contribution in [2.75, 3.05) is 51.4 Å². The minimum atomic E-state index is -0.923. The molecule has 0 bridgehead atoms. The van der Waals surface area contributed by atoms with Gasteiger partial charge in [-0.1, -0.05) is 0 Å². The number of carbonyl (C=O) groups excluding carboxylic acids is 2. The van der Waals surface area contributed by atoms with E-state index < -0.39 is 5.97 Å². The Kier molecular flexibility index (Phi) is 6.65. The summed E-state index contributed by atoms with van der Waals surface area (Å²) in [6.07, 6.45) is 0. The smallest absolute Gasteiger partial charge is 0.313 e. The van der Waals surface area contributed by atoms with E-state index in [9.17, 15) is 14.4 Å². The highest BCUT2D eigenvalue weighted by Crippen LogP contribution is 2.07. The van der Waals surface area contributed by atoms with Gasteiger partial charge in [-0.05, 0) is 0 Å². The van der Waals surface area contributed by atoms with Crippen LogP contribution in [-0.4, -0.2) is 84.1 Å². The maximum atomic E-state index is 11.8. The zero-order valence-electron chi connectivity index (χ0n) is 10.8. The molecule has 7 nitrogen and oxygen atoms in total. The molecule has 8 heteroatoms. The molecule has 108 valence electrons. The molecule has 1 N–H and O–H groups in total. The van der Waals surface area contributed by atoms with Crippen molar-refractivity contribution in [2.45, 2.75) is 0 Å². The number of piperazine rings is 1. The summed E-state index contributed by atoms with van der Waals surface area (Å²) in [7, 11) is 1.47. The Morgan fingerprint density at radius 3 is 2.05 bits per heavy atom. The summed E-state index contributed by atoms with van der Waals surface area (Å²) in [5.41, 5.74) is 0. The Bertz CT molecular complexity index is 342. The summed E-state index contributed by atoms with van der Waals surface area (Å²) in [4.78, 5) is 37.0. The van der Waals surface area contributed by atoms with Gasteiger partial charge < -0.3 is 19.6 Å². The van der Waals surface area contributed by atoms with E-state index in [1.54, 1.807) is 9.80 Å². The molecule has 19 heavy (non-hydrogen) atoms. The fourth-order valence-electron chi connectivity index (χ4n) is 1.74. The van der Waals surface area contributed by atoms with Crippen LogP contribution in [-0.2, 0) is 19.1 Å². The molecule has 0 aromatic rings. The lowest BCUT2D eigenvalue weighted by Crippen LogP contribution is -2.51. The Hall–Kier alpha value is -1.28. The summed E-state index contributed by atoms with van der Waals surface area (Å²) in [5.74, 6) is -0.983. The van der Waals surface area contributed by atoms with Crippen LogP contribution in [0.15, 0.2) is 0 Å². The molecule has 1 heterocycles. The van der Waals surface area contributed by atoms with E-state index in [1.807, 2.05) is 0 Å². The van der Waals surface area contributed by atoms with E-state index in [0.29, 0.717) is 26.2 Å². The van der Waals surface area contributed by atoms with Gasteiger partial charge in [0.05, 0.1) is 11.5 Å². The number of rotatable bonds is 6. The maximum Gasteiger partial charge on any atom is 0.313 e. The molecule has 1 rings (SSSR count). The predicted molar refractivity (Wildman–Crippen MR) is 70.0 cm³/mol. The number of methoxy groups -OCH3 is 1. The topological polar surface area (TPSA) is 87.2 Å². The van der Waals surface area contributed by atoms with E-state index in [1.165, 1.54) is 7.11 Å². The molecule has 0 atom stereocenters. The number of nitrogens with zero attached hydrogens (tertiary/aromatic N) is 2. The number of aliphatic carboxylic acids is 1. The van der Waals surface area contributed by atoms with Crippen LogP contribution in [0.25, 0.3) is 0 Å². The van der Waals surface area contributed by atoms with Crippen LogP contribution in [0.3, 0.4) is 0 Å². The fourth-order valence-corrected chi connectivity index (χ4v) is 2.37. The first-order chi connectivity index (χ1) is 9.04. The van der Waals surface area contributed by atoms with Crippen molar-refractivity contribution in [3.8, 4) is 0 Å². The van der Waals surface area contributed by atoms with Crippen LogP contribution in [0.2, 0.25) is 0 Å². The van der Waals surface area contributed by atoms with Crippen molar-refractivity contribution in [3.05, 3.63) is 0 Å². The van der Waals surface area contributed by atoms with Gasteiger partial charge in [-0.15, -0.1) is 11.8 Å². The molecule has 1 saturated heterocycles. The molecule has 2 amide bonds. The van der Waals surface area contributed by atoms with Crippen LogP contribution in [0.4, 0.5) is 0 Å². The van der Waals surface area contributed by atoms with Crippen molar-refractivity contribution in [2.24, 2.45) is 0 Å². The number of thioether (sulfide) groups is 1. The van der Waals surface area contributed by atoms with Gasteiger partial charge in [0.1, 0.15) is 6.61 Å². The van der Waals surface area contributed by atoms with Crippen molar-refractivity contribution >= 4 is 29.5 Å². The summed E-state index contributed by atoms with van der Waals surface area (Å²) in [6, 6.07) is 0. The average molecular weight is 290 g/mol. The second kappa shape index (κ2) is 8.00. The van der Waals surface area contributed by atoms with E-state index in [0.717, 1.165) is 11.8 Å². The summed E-state index contributed by atoms with van der Waals surface area (Å²) >= 11 is 1.09. The van der Waals surface area contributed by atoms with Gasteiger partial charge in [0.25, 0.3) is 0 Å². The van der Waals surface area contributed by atoms with Crippen molar-refractivity contribution < 1.29 is 24.2 Å². The number of amides is 2. The van der Waals surface area contributed by atoms with Gasteiger partial charge in [-0.3, -0.25) is 14.4 Å². The monoisotopic (exact) mass is 290 g/mol. The first-order valence-corrected chi connectivity index (χ1v) is 7.04. The van der Waals surface area contributed by atoms with Gasteiger partial charge in [-0.2, -0.15) is 0 Å². The average Bonchev–Trinajstić information content (AvgIpc) is 2.38. The quantitative estimate of drug-likeness (QED) is 0.683. The predicted octanol–water partition coefficient (Wildman–Crippen LogP) is -0.879. The molecule has 0 aromatic carbocycles. The molecule has 0 unspecified atom stereocenters. The molecular weight excluding hydrogens is 272 g/mol.